The minimum Gasteiger partial charge on any atom is -0.496 e. The molecule has 7 heteroatoms. The highest BCUT2D eigenvalue weighted by atomic mass is 35.5. The van der Waals surface area contributed by atoms with E-state index in [0.29, 0.717) is 22.0 Å². The zero-order chi connectivity index (χ0) is 23.5. The lowest BCUT2D eigenvalue weighted by Gasteiger charge is -2.22. The molecule has 1 atom stereocenters. The lowest BCUT2D eigenvalue weighted by Crippen LogP contribution is -2.17. The number of carbonyl (C=O) groups is 1. The third kappa shape index (κ3) is 4.55. The number of hydrogen-bond donors (Lipinski definition) is 1. The number of hydrazone groups is 1. The Hall–Kier alpha value is -3.61. The molecule has 0 saturated carbocycles. The molecular weight excluding hydrogens is 466 g/mol. The minimum absolute atomic E-state index is 0.159. The normalized spacial score (nSPS) is 15.2. The average molecular weight is 488 g/mol. The van der Waals surface area contributed by atoms with Crippen LogP contribution in [0.15, 0.2) is 95.4 Å². The van der Waals surface area contributed by atoms with E-state index < -0.39 is 0 Å². The van der Waals surface area contributed by atoms with Crippen LogP contribution in [0.5, 0.6) is 5.75 Å². The highest BCUT2D eigenvalue weighted by Gasteiger charge is 2.30. The number of hydrogen-bond acceptors (Lipinski definition) is 5. The van der Waals surface area contributed by atoms with Crippen molar-refractivity contribution in [3.8, 4) is 5.75 Å². The van der Waals surface area contributed by atoms with Crippen molar-refractivity contribution < 1.29 is 9.53 Å². The summed E-state index contributed by atoms with van der Waals surface area (Å²) in [7, 11) is 1.53. The van der Waals surface area contributed by atoms with Gasteiger partial charge in [0.1, 0.15) is 5.75 Å². The number of para-hydroxylation sites is 1. The number of ether oxygens (including phenoxy) is 1. The summed E-state index contributed by atoms with van der Waals surface area (Å²) in [4.78, 5) is 14.1. The molecule has 0 spiro atoms. The molecule has 5 nitrogen and oxygen atoms in total. The summed E-state index contributed by atoms with van der Waals surface area (Å²) < 4.78 is 5.29. The molecule has 0 radical (unpaired) electrons. The molecule has 34 heavy (non-hydrogen) atoms. The number of nitrogens with zero attached hydrogens (tertiary/aromatic N) is 2. The monoisotopic (exact) mass is 487 g/mol. The number of anilines is 2. The van der Waals surface area contributed by atoms with Gasteiger partial charge in [0, 0.05) is 22.0 Å². The molecule has 0 fully saturated rings. The van der Waals surface area contributed by atoms with E-state index in [9.17, 15) is 4.79 Å². The fourth-order valence-corrected chi connectivity index (χ4v) is 4.99. The van der Waals surface area contributed by atoms with Gasteiger partial charge in [0.2, 0.25) is 0 Å². The Morgan fingerprint density at radius 3 is 2.56 bits per heavy atom. The van der Waals surface area contributed by atoms with Crippen molar-refractivity contribution in [3.63, 3.8) is 0 Å². The summed E-state index contributed by atoms with van der Waals surface area (Å²) in [6.45, 7) is 0. The number of rotatable bonds is 6. The van der Waals surface area contributed by atoms with E-state index in [1.54, 1.807) is 29.5 Å². The number of carbonyl (C=O) groups excluding carboxylic acids is 1. The van der Waals surface area contributed by atoms with Crippen LogP contribution >= 0.6 is 22.9 Å². The van der Waals surface area contributed by atoms with E-state index in [-0.39, 0.29) is 11.9 Å². The lowest BCUT2D eigenvalue weighted by molar-refractivity contribution is 0.102. The van der Waals surface area contributed by atoms with Gasteiger partial charge >= 0.3 is 0 Å². The maximum absolute atomic E-state index is 12.8. The van der Waals surface area contributed by atoms with Gasteiger partial charge in [0.05, 0.1) is 30.1 Å². The fourth-order valence-electron chi connectivity index (χ4n) is 4.01. The van der Waals surface area contributed by atoms with Crippen molar-refractivity contribution in [3.05, 3.63) is 111 Å². The first-order chi connectivity index (χ1) is 16.6. The van der Waals surface area contributed by atoms with Gasteiger partial charge in [-0.2, -0.15) is 5.10 Å². The summed E-state index contributed by atoms with van der Waals surface area (Å²) >= 11 is 7.81. The lowest BCUT2D eigenvalue weighted by atomic mass is 10.0. The molecule has 4 aromatic rings. The Morgan fingerprint density at radius 2 is 1.85 bits per heavy atom. The number of benzene rings is 3. The number of nitrogens with one attached hydrogen (secondary N) is 1. The van der Waals surface area contributed by atoms with Crippen molar-refractivity contribution >= 4 is 45.9 Å². The van der Waals surface area contributed by atoms with Crippen LogP contribution in [0, 0.1) is 0 Å². The molecule has 1 aliphatic heterocycles. The molecule has 170 valence electrons. The number of methoxy groups -OCH3 is 1. The molecule has 1 amide bonds. The van der Waals surface area contributed by atoms with E-state index in [1.807, 2.05) is 42.5 Å². The van der Waals surface area contributed by atoms with Crippen molar-refractivity contribution in [1.82, 2.24) is 0 Å². The molecule has 5 rings (SSSR count). The quantitative estimate of drug-likeness (QED) is 0.318. The van der Waals surface area contributed by atoms with E-state index in [1.165, 1.54) is 12.0 Å². The highest BCUT2D eigenvalue weighted by molar-refractivity contribution is 7.10. The molecule has 0 aliphatic carbocycles. The van der Waals surface area contributed by atoms with Crippen LogP contribution in [0.4, 0.5) is 11.4 Å². The first-order valence-electron chi connectivity index (χ1n) is 10.8. The van der Waals surface area contributed by atoms with Crippen LogP contribution in [-0.2, 0) is 0 Å². The summed E-state index contributed by atoms with van der Waals surface area (Å²) in [6.07, 6.45) is 0.806. The third-order valence-corrected chi connectivity index (χ3v) is 6.89. The Kier molecular flexibility index (Phi) is 6.34. The second-order valence-corrected chi connectivity index (χ2v) is 9.25. The van der Waals surface area contributed by atoms with E-state index >= 15 is 0 Å². The topological polar surface area (TPSA) is 53.9 Å². The second kappa shape index (κ2) is 9.71. The first kappa shape index (κ1) is 22.2. The molecule has 1 aromatic heterocycles. The van der Waals surface area contributed by atoms with Crippen LogP contribution in [0.3, 0.4) is 0 Å². The van der Waals surface area contributed by atoms with Crippen molar-refractivity contribution in [2.24, 2.45) is 5.10 Å². The number of amides is 1. The van der Waals surface area contributed by atoms with E-state index in [0.717, 1.165) is 23.4 Å². The number of halogens is 1. The van der Waals surface area contributed by atoms with Crippen molar-refractivity contribution in [1.29, 1.82) is 0 Å². The van der Waals surface area contributed by atoms with Crippen LogP contribution in [0.25, 0.3) is 0 Å². The molecule has 1 unspecified atom stereocenters. The highest BCUT2D eigenvalue weighted by Crippen LogP contribution is 2.38. The van der Waals surface area contributed by atoms with Gasteiger partial charge in [-0.3, -0.25) is 9.80 Å². The molecular formula is C27H22ClN3O2S. The largest absolute Gasteiger partial charge is 0.496 e. The Balaban J connectivity index is 1.37. The summed E-state index contributed by atoms with van der Waals surface area (Å²) in [5, 5.41) is 12.6. The minimum atomic E-state index is -0.279. The SMILES string of the molecule is COc1ccc(Cl)cc1C(=O)Nc1ccc(C2=NN(c3ccccc3)C(c3cccs3)C2)cc1. The van der Waals surface area contributed by atoms with Gasteiger partial charge in [-0.15, -0.1) is 11.3 Å². The van der Waals surface area contributed by atoms with Gasteiger partial charge < -0.3 is 10.1 Å². The Bertz CT molecular complexity index is 1320. The predicted octanol–water partition coefficient (Wildman–Crippen LogP) is 7.02. The Morgan fingerprint density at radius 1 is 1.06 bits per heavy atom. The van der Waals surface area contributed by atoms with Crippen LogP contribution in [-0.4, -0.2) is 18.7 Å². The van der Waals surface area contributed by atoms with Gasteiger partial charge in [-0.25, -0.2) is 0 Å². The molecule has 1 aliphatic rings. The van der Waals surface area contributed by atoms with Crippen molar-refractivity contribution in [2.45, 2.75) is 12.5 Å². The van der Waals surface area contributed by atoms with Crippen LogP contribution < -0.4 is 15.1 Å². The molecule has 2 heterocycles. The second-order valence-electron chi connectivity index (χ2n) is 7.84. The Labute approximate surface area is 207 Å². The third-order valence-electron chi connectivity index (χ3n) is 5.68. The van der Waals surface area contributed by atoms with E-state index in [4.69, 9.17) is 21.4 Å². The smallest absolute Gasteiger partial charge is 0.259 e. The zero-order valence-electron chi connectivity index (χ0n) is 18.4. The van der Waals surface area contributed by atoms with Gasteiger partial charge in [0.15, 0.2) is 0 Å². The summed E-state index contributed by atoms with van der Waals surface area (Å²) in [5.41, 5.74) is 4.17. The van der Waals surface area contributed by atoms with Gasteiger partial charge in [-0.1, -0.05) is 48.0 Å². The molecule has 0 bridgehead atoms. The standard InChI is InChI=1S/C27H22ClN3O2S/c1-33-25-14-11-19(28)16-22(25)27(32)29-20-12-9-18(10-13-20)23-17-24(26-8-5-15-34-26)31(30-23)21-6-3-2-4-7-21/h2-16,24H,17H2,1H3,(H,29,32). The van der Waals surface area contributed by atoms with Gasteiger partial charge in [0.25, 0.3) is 5.91 Å². The first-order valence-corrected chi connectivity index (χ1v) is 12.1. The fraction of sp³-hybridized carbons (Fsp3) is 0.111. The predicted molar refractivity (Wildman–Crippen MR) is 140 cm³/mol. The van der Waals surface area contributed by atoms with Crippen molar-refractivity contribution in [2.75, 3.05) is 17.4 Å². The number of thiophene rings is 1. The van der Waals surface area contributed by atoms with Gasteiger partial charge in [-0.05, 0) is 59.5 Å². The summed E-state index contributed by atoms with van der Waals surface area (Å²) in [5.74, 6) is 0.192. The average Bonchev–Trinajstić information content (AvgIpc) is 3.55. The maximum Gasteiger partial charge on any atom is 0.259 e. The maximum atomic E-state index is 12.8. The van der Waals surface area contributed by atoms with E-state index in [2.05, 4.69) is 40.0 Å². The molecule has 1 N–H and O–H groups in total. The van der Waals surface area contributed by atoms with Crippen LogP contribution in [0.2, 0.25) is 5.02 Å². The molecule has 0 saturated heterocycles. The molecule has 3 aromatic carbocycles. The zero-order valence-corrected chi connectivity index (χ0v) is 20.0. The van der Waals surface area contributed by atoms with Crippen LogP contribution in [0.1, 0.15) is 33.3 Å². The summed E-state index contributed by atoms with van der Waals surface area (Å²) in [6, 6.07) is 27.3.